The number of nitrogens with zero attached hydrogens (tertiary/aromatic N) is 3. The largest absolute Gasteiger partial charge is 0.410 e. The standard InChI is InChI=1S/C14H13N3OS2/c1-9-12(20-10(2)15-9)13-16-17-14(18-13)19-8-11-6-4-3-5-7-11/h3-7H,8H2,1-2H3. The second-order valence-electron chi connectivity index (χ2n) is 4.29. The smallest absolute Gasteiger partial charge is 0.277 e. The molecule has 1 aromatic carbocycles. The highest BCUT2D eigenvalue weighted by Crippen LogP contribution is 2.31. The summed E-state index contributed by atoms with van der Waals surface area (Å²) in [5.41, 5.74) is 2.18. The van der Waals surface area contributed by atoms with Crippen LogP contribution in [0.3, 0.4) is 0 Å². The molecule has 6 heteroatoms. The number of aryl methyl sites for hydroxylation is 2. The topological polar surface area (TPSA) is 51.8 Å². The molecule has 20 heavy (non-hydrogen) atoms. The Hall–Kier alpha value is -1.66. The van der Waals surface area contributed by atoms with Crippen LogP contribution in [0.15, 0.2) is 40.0 Å². The van der Waals surface area contributed by atoms with Crippen molar-refractivity contribution in [2.45, 2.75) is 24.8 Å². The minimum Gasteiger partial charge on any atom is -0.410 e. The lowest BCUT2D eigenvalue weighted by molar-refractivity contribution is 0.466. The predicted molar refractivity (Wildman–Crippen MR) is 80.9 cm³/mol. The maximum Gasteiger partial charge on any atom is 0.277 e. The Morgan fingerprint density at radius 2 is 1.95 bits per heavy atom. The molecule has 0 spiro atoms. The molecule has 3 aromatic rings. The van der Waals surface area contributed by atoms with Crippen molar-refractivity contribution >= 4 is 23.1 Å². The maximum absolute atomic E-state index is 5.70. The minimum absolute atomic E-state index is 0.559. The Morgan fingerprint density at radius 1 is 1.15 bits per heavy atom. The molecule has 0 aliphatic rings. The van der Waals surface area contributed by atoms with Crippen molar-refractivity contribution in [1.29, 1.82) is 0 Å². The van der Waals surface area contributed by atoms with Gasteiger partial charge in [-0.1, -0.05) is 42.1 Å². The zero-order valence-electron chi connectivity index (χ0n) is 11.2. The molecule has 0 saturated carbocycles. The number of rotatable bonds is 4. The van der Waals surface area contributed by atoms with Crippen molar-refractivity contribution in [3.63, 3.8) is 0 Å². The van der Waals surface area contributed by atoms with E-state index in [1.54, 1.807) is 23.1 Å². The van der Waals surface area contributed by atoms with E-state index in [9.17, 15) is 0 Å². The van der Waals surface area contributed by atoms with Crippen LogP contribution < -0.4 is 0 Å². The molecule has 0 bridgehead atoms. The fourth-order valence-corrected chi connectivity index (χ4v) is 3.37. The molecule has 0 radical (unpaired) electrons. The van der Waals surface area contributed by atoms with Gasteiger partial charge in [-0.15, -0.1) is 21.5 Å². The lowest BCUT2D eigenvalue weighted by atomic mass is 10.2. The first-order chi connectivity index (χ1) is 9.72. The molecule has 0 aliphatic carbocycles. The van der Waals surface area contributed by atoms with Gasteiger partial charge in [-0.3, -0.25) is 0 Å². The summed E-state index contributed by atoms with van der Waals surface area (Å²) in [6, 6.07) is 10.2. The molecule has 0 saturated heterocycles. The van der Waals surface area contributed by atoms with E-state index in [0.29, 0.717) is 11.1 Å². The number of hydrogen-bond donors (Lipinski definition) is 0. The van der Waals surface area contributed by atoms with Gasteiger partial charge < -0.3 is 4.42 Å². The number of benzene rings is 1. The summed E-state index contributed by atoms with van der Waals surface area (Å²) < 4.78 is 5.70. The van der Waals surface area contributed by atoms with Gasteiger partial charge in [0.25, 0.3) is 11.1 Å². The summed E-state index contributed by atoms with van der Waals surface area (Å²) in [5, 5.41) is 9.79. The normalized spacial score (nSPS) is 10.9. The van der Waals surface area contributed by atoms with E-state index < -0.39 is 0 Å². The highest BCUT2D eigenvalue weighted by molar-refractivity contribution is 7.98. The van der Waals surface area contributed by atoms with E-state index in [2.05, 4.69) is 27.3 Å². The van der Waals surface area contributed by atoms with Gasteiger partial charge in [0.2, 0.25) is 0 Å². The third-order valence-corrected chi connectivity index (χ3v) is 4.66. The van der Waals surface area contributed by atoms with Gasteiger partial charge in [0, 0.05) is 5.75 Å². The number of aromatic nitrogens is 3. The van der Waals surface area contributed by atoms with Crippen LogP contribution >= 0.6 is 23.1 Å². The molecule has 0 aliphatic heterocycles. The second kappa shape index (κ2) is 5.76. The Morgan fingerprint density at radius 3 is 2.65 bits per heavy atom. The van der Waals surface area contributed by atoms with Crippen molar-refractivity contribution in [3.05, 3.63) is 46.6 Å². The van der Waals surface area contributed by atoms with Gasteiger partial charge in [-0.2, -0.15) is 0 Å². The van der Waals surface area contributed by atoms with Crippen LogP contribution in [0.2, 0.25) is 0 Å². The van der Waals surface area contributed by atoms with Crippen LogP contribution in [-0.2, 0) is 5.75 Å². The fourth-order valence-electron chi connectivity index (χ4n) is 1.81. The van der Waals surface area contributed by atoms with Gasteiger partial charge in [0.15, 0.2) is 0 Å². The highest BCUT2D eigenvalue weighted by atomic mass is 32.2. The average Bonchev–Trinajstić information content (AvgIpc) is 3.04. The van der Waals surface area contributed by atoms with E-state index >= 15 is 0 Å². The summed E-state index contributed by atoms with van der Waals surface area (Å²) >= 11 is 3.12. The van der Waals surface area contributed by atoms with Crippen molar-refractivity contribution in [3.8, 4) is 10.8 Å². The molecule has 0 N–H and O–H groups in total. The molecule has 0 unspecified atom stereocenters. The molecule has 0 atom stereocenters. The first kappa shape index (κ1) is 13.3. The number of thiazole rings is 1. The minimum atomic E-state index is 0.559. The monoisotopic (exact) mass is 303 g/mol. The molecule has 4 nitrogen and oxygen atoms in total. The van der Waals surface area contributed by atoms with Crippen molar-refractivity contribution in [1.82, 2.24) is 15.2 Å². The van der Waals surface area contributed by atoms with Crippen molar-refractivity contribution in [2.75, 3.05) is 0 Å². The predicted octanol–water partition coefficient (Wildman–Crippen LogP) is 4.10. The first-order valence-electron chi connectivity index (χ1n) is 6.17. The second-order valence-corrected chi connectivity index (χ2v) is 6.42. The van der Waals surface area contributed by atoms with Crippen LogP contribution in [0, 0.1) is 13.8 Å². The molecule has 2 aromatic heterocycles. The van der Waals surface area contributed by atoms with Crippen LogP contribution in [0.25, 0.3) is 10.8 Å². The zero-order chi connectivity index (χ0) is 13.9. The molecule has 0 fully saturated rings. The van der Waals surface area contributed by atoms with E-state index in [4.69, 9.17) is 4.42 Å². The van der Waals surface area contributed by atoms with Crippen LogP contribution in [0.5, 0.6) is 0 Å². The lowest BCUT2D eigenvalue weighted by Crippen LogP contribution is -1.79. The molecule has 2 heterocycles. The number of thioether (sulfide) groups is 1. The Bertz CT molecular complexity index is 706. The van der Waals surface area contributed by atoms with E-state index in [1.165, 1.54) is 5.56 Å². The van der Waals surface area contributed by atoms with E-state index in [1.807, 2.05) is 32.0 Å². The lowest BCUT2D eigenvalue weighted by Gasteiger charge is -1.96. The van der Waals surface area contributed by atoms with Gasteiger partial charge in [0.05, 0.1) is 10.7 Å². The SMILES string of the molecule is Cc1nc(C)c(-c2nnc(SCc3ccccc3)o2)s1. The van der Waals surface area contributed by atoms with Gasteiger partial charge in [0.1, 0.15) is 4.88 Å². The molecular formula is C14H13N3OS2. The van der Waals surface area contributed by atoms with Crippen LogP contribution in [0.4, 0.5) is 0 Å². The average molecular weight is 303 g/mol. The molecule has 102 valence electrons. The fraction of sp³-hybridized carbons (Fsp3) is 0.214. The quantitative estimate of drug-likeness (QED) is 0.679. The molecule has 0 amide bonds. The van der Waals surface area contributed by atoms with Gasteiger partial charge >= 0.3 is 0 Å². The summed E-state index contributed by atoms with van der Waals surface area (Å²) in [5.74, 6) is 1.38. The summed E-state index contributed by atoms with van der Waals surface area (Å²) in [6.45, 7) is 3.93. The maximum atomic E-state index is 5.70. The number of hydrogen-bond acceptors (Lipinski definition) is 6. The zero-order valence-corrected chi connectivity index (χ0v) is 12.8. The van der Waals surface area contributed by atoms with Gasteiger partial charge in [-0.05, 0) is 19.4 Å². The third kappa shape index (κ3) is 2.91. The van der Waals surface area contributed by atoms with Crippen LogP contribution in [-0.4, -0.2) is 15.2 Å². The molecular weight excluding hydrogens is 290 g/mol. The summed E-state index contributed by atoms with van der Waals surface area (Å²) in [4.78, 5) is 5.33. The van der Waals surface area contributed by atoms with E-state index in [-0.39, 0.29) is 0 Å². The highest BCUT2D eigenvalue weighted by Gasteiger charge is 2.15. The third-order valence-electron chi connectivity index (χ3n) is 2.71. The summed E-state index contributed by atoms with van der Waals surface area (Å²) in [6.07, 6.45) is 0. The van der Waals surface area contributed by atoms with Crippen molar-refractivity contribution < 1.29 is 4.42 Å². The van der Waals surface area contributed by atoms with E-state index in [0.717, 1.165) is 21.3 Å². The van der Waals surface area contributed by atoms with Crippen LogP contribution in [0.1, 0.15) is 16.3 Å². The Kier molecular flexibility index (Phi) is 3.84. The van der Waals surface area contributed by atoms with Crippen molar-refractivity contribution in [2.24, 2.45) is 0 Å². The van der Waals surface area contributed by atoms with Gasteiger partial charge in [-0.25, -0.2) is 4.98 Å². The first-order valence-corrected chi connectivity index (χ1v) is 7.97. The summed E-state index contributed by atoms with van der Waals surface area (Å²) in [7, 11) is 0. The Labute approximate surface area is 125 Å². The molecule has 3 rings (SSSR count). The Balaban J connectivity index is 1.73.